The number of hydrogen-bond acceptors (Lipinski definition) is 2. The summed E-state index contributed by atoms with van der Waals surface area (Å²) >= 11 is 12.1. The summed E-state index contributed by atoms with van der Waals surface area (Å²) in [5, 5.41) is 3.98. The monoisotopic (exact) mass is 309 g/mol. The second-order valence-corrected chi connectivity index (χ2v) is 4.90. The third kappa shape index (κ3) is 4.15. The zero-order chi connectivity index (χ0) is 14.4. The van der Waals surface area contributed by atoms with Crippen LogP contribution in [0.4, 0.5) is 0 Å². The van der Waals surface area contributed by atoms with Gasteiger partial charge in [0.1, 0.15) is 5.76 Å². The molecule has 0 aliphatic carbocycles. The lowest BCUT2D eigenvalue weighted by atomic mass is 10.1. The van der Waals surface area contributed by atoms with E-state index in [4.69, 9.17) is 27.6 Å². The van der Waals surface area contributed by atoms with Crippen LogP contribution in [0, 0.1) is 0 Å². The maximum absolute atomic E-state index is 11.6. The van der Waals surface area contributed by atoms with Crippen molar-refractivity contribution in [1.29, 1.82) is 0 Å². The predicted molar refractivity (Wildman–Crippen MR) is 80.9 cm³/mol. The summed E-state index contributed by atoms with van der Waals surface area (Å²) in [5.74, 6) is 0.443. The van der Waals surface area contributed by atoms with Gasteiger partial charge in [-0.2, -0.15) is 0 Å². The second kappa shape index (κ2) is 7.17. The highest BCUT2D eigenvalue weighted by molar-refractivity contribution is 6.35. The molecule has 20 heavy (non-hydrogen) atoms. The molecule has 0 aliphatic rings. The standard InChI is InChI=1S/C15H13Cl2NO2/c16-13-4-1-5-14(17)12(13)8-9-18-15(19)7-6-11-3-2-10-20-11/h1-7,10H,8-9H2,(H,18,19). The van der Waals surface area contributed by atoms with E-state index in [1.807, 2.05) is 0 Å². The molecule has 0 saturated heterocycles. The molecule has 104 valence electrons. The maximum atomic E-state index is 11.6. The Kier molecular flexibility index (Phi) is 5.27. The Morgan fingerprint density at radius 2 is 1.95 bits per heavy atom. The molecular formula is C15H13Cl2NO2. The minimum Gasteiger partial charge on any atom is -0.465 e. The Hall–Kier alpha value is -1.71. The van der Waals surface area contributed by atoms with Crippen LogP contribution in [-0.4, -0.2) is 12.5 Å². The van der Waals surface area contributed by atoms with Gasteiger partial charge in [-0.3, -0.25) is 4.79 Å². The normalized spacial score (nSPS) is 10.9. The summed E-state index contributed by atoms with van der Waals surface area (Å²) in [6.45, 7) is 0.463. The quantitative estimate of drug-likeness (QED) is 0.849. The van der Waals surface area contributed by atoms with Gasteiger partial charge in [-0.1, -0.05) is 29.3 Å². The zero-order valence-electron chi connectivity index (χ0n) is 10.6. The van der Waals surface area contributed by atoms with E-state index in [-0.39, 0.29) is 5.91 Å². The molecule has 1 aromatic carbocycles. The van der Waals surface area contributed by atoms with Gasteiger partial charge < -0.3 is 9.73 Å². The van der Waals surface area contributed by atoms with Gasteiger partial charge in [-0.15, -0.1) is 0 Å². The van der Waals surface area contributed by atoms with Crippen LogP contribution in [0.5, 0.6) is 0 Å². The molecule has 0 bridgehead atoms. The number of rotatable bonds is 5. The lowest BCUT2D eigenvalue weighted by Crippen LogP contribution is -2.23. The molecule has 0 fully saturated rings. The lowest BCUT2D eigenvalue weighted by molar-refractivity contribution is -0.116. The molecule has 0 aliphatic heterocycles. The second-order valence-electron chi connectivity index (χ2n) is 4.09. The first kappa shape index (κ1) is 14.7. The van der Waals surface area contributed by atoms with Gasteiger partial charge in [0.25, 0.3) is 0 Å². The Labute approximate surface area is 127 Å². The number of halogens is 2. The number of furan rings is 1. The van der Waals surface area contributed by atoms with Crippen LogP contribution >= 0.6 is 23.2 Å². The van der Waals surface area contributed by atoms with Crippen molar-refractivity contribution >= 4 is 35.2 Å². The molecule has 2 rings (SSSR count). The van der Waals surface area contributed by atoms with E-state index in [0.717, 1.165) is 5.56 Å². The average molecular weight is 310 g/mol. The highest BCUT2D eigenvalue weighted by atomic mass is 35.5. The van der Waals surface area contributed by atoms with Crippen LogP contribution in [0.25, 0.3) is 6.08 Å². The smallest absolute Gasteiger partial charge is 0.244 e. The summed E-state index contributed by atoms with van der Waals surface area (Å²) < 4.78 is 5.09. The number of carbonyl (C=O) groups excluding carboxylic acids is 1. The molecule has 1 amide bonds. The summed E-state index contributed by atoms with van der Waals surface area (Å²) in [5.41, 5.74) is 0.839. The maximum Gasteiger partial charge on any atom is 0.244 e. The molecule has 0 saturated carbocycles. The SMILES string of the molecule is O=C(C=Cc1ccco1)NCCc1c(Cl)cccc1Cl. The zero-order valence-corrected chi connectivity index (χ0v) is 12.1. The molecule has 0 atom stereocenters. The van der Waals surface area contributed by atoms with E-state index < -0.39 is 0 Å². The van der Waals surface area contributed by atoms with E-state index >= 15 is 0 Å². The molecule has 3 nitrogen and oxygen atoms in total. The fraction of sp³-hybridized carbons (Fsp3) is 0.133. The van der Waals surface area contributed by atoms with Crippen molar-refractivity contribution in [2.75, 3.05) is 6.54 Å². The first-order valence-electron chi connectivity index (χ1n) is 6.09. The number of benzene rings is 1. The van der Waals surface area contributed by atoms with E-state index in [2.05, 4.69) is 5.32 Å². The number of carbonyl (C=O) groups is 1. The largest absolute Gasteiger partial charge is 0.465 e. The van der Waals surface area contributed by atoms with Crippen LogP contribution in [0.15, 0.2) is 47.1 Å². The van der Waals surface area contributed by atoms with Crippen LogP contribution in [0.3, 0.4) is 0 Å². The van der Waals surface area contributed by atoms with Gasteiger partial charge in [-0.05, 0) is 42.3 Å². The van der Waals surface area contributed by atoms with Crippen LogP contribution < -0.4 is 5.32 Å². The molecule has 0 unspecified atom stereocenters. The third-order valence-corrected chi connectivity index (χ3v) is 3.39. The fourth-order valence-corrected chi connectivity index (χ4v) is 2.27. The Bertz CT molecular complexity index is 586. The minimum atomic E-state index is -0.190. The molecule has 0 spiro atoms. The summed E-state index contributed by atoms with van der Waals surface area (Å²) in [6.07, 6.45) is 5.17. The van der Waals surface area contributed by atoms with Crippen LogP contribution in [-0.2, 0) is 11.2 Å². The van der Waals surface area contributed by atoms with Crippen LogP contribution in [0.1, 0.15) is 11.3 Å². The van der Waals surface area contributed by atoms with Gasteiger partial charge in [-0.25, -0.2) is 0 Å². The van der Waals surface area contributed by atoms with Gasteiger partial charge in [0.15, 0.2) is 0 Å². The molecule has 2 aromatic rings. The average Bonchev–Trinajstić information content (AvgIpc) is 2.93. The van der Waals surface area contributed by atoms with Crippen molar-refractivity contribution in [1.82, 2.24) is 5.32 Å². The molecule has 1 aromatic heterocycles. The van der Waals surface area contributed by atoms with Crippen LogP contribution in [0.2, 0.25) is 10.0 Å². The fourth-order valence-electron chi connectivity index (χ4n) is 1.68. The Morgan fingerprint density at radius 3 is 2.60 bits per heavy atom. The number of amides is 1. The minimum absolute atomic E-state index is 0.190. The highest BCUT2D eigenvalue weighted by Gasteiger charge is 2.05. The first-order chi connectivity index (χ1) is 9.66. The van der Waals surface area contributed by atoms with E-state index in [1.165, 1.54) is 6.08 Å². The molecule has 0 radical (unpaired) electrons. The molecular weight excluding hydrogens is 297 g/mol. The van der Waals surface area contributed by atoms with Crippen molar-refractivity contribution in [3.8, 4) is 0 Å². The summed E-state index contributed by atoms with van der Waals surface area (Å²) in [4.78, 5) is 11.6. The van der Waals surface area contributed by atoms with Crippen molar-refractivity contribution < 1.29 is 9.21 Å². The highest BCUT2D eigenvalue weighted by Crippen LogP contribution is 2.24. The van der Waals surface area contributed by atoms with Crippen molar-refractivity contribution in [2.24, 2.45) is 0 Å². The topological polar surface area (TPSA) is 42.2 Å². The Balaban J connectivity index is 1.82. The first-order valence-corrected chi connectivity index (χ1v) is 6.84. The molecule has 1 N–H and O–H groups in total. The van der Waals surface area contributed by atoms with E-state index in [1.54, 1.807) is 42.7 Å². The van der Waals surface area contributed by atoms with Gasteiger partial charge in [0.2, 0.25) is 5.91 Å². The molecule has 5 heteroatoms. The predicted octanol–water partition coefficient (Wildman–Crippen LogP) is 3.96. The van der Waals surface area contributed by atoms with Gasteiger partial charge >= 0.3 is 0 Å². The van der Waals surface area contributed by atoms with Crippen molar-refractivity contribution in [3.63, 3.8) is 0 Å². The number of hydrogen-bond donors (Lipinski definition) is 1. The summed E-state index contributed by atoms with van der Waals surface area (Å²) in [6, 6.07) is 8.88. The van der Waals surface area contributed by atoms with Crippen molar-refractivity contribution in [3.05, 3.63) is 64.0 Å². The van der Waals surface area contributed by atoms with Gasteiger partial charge in [0.05, 0.1) is 6.26 Å². The Morgan fingerprint density at radius 1 is 1.20 bits per heavy atom. The summed E-state index contributed by atoms with van der Waals surface area (Å²) in [7, 11) is 0. The molecule has 1 heterocycles. The van der Waals surface area contributed by atoms with Crippen molar-refractivity contribution in [2.45, 2.75) is 6.42 Å². The number of nitrogens with one attached hydrogen (secondary N) is 1. The third-order valence-electron chi connectivity index (χ3n) is 2.68. The van der Waals surface area contributed by atoms with Gasteiger partial charge in [0, 0.05) is 22.7 Å². The lowest BCUT2D eigenvalue weighted by Gasteiger charge is -2.07. The van der Waals surface area contributed by atoms with E-state index in [9.17, 15) is 4.79 Å². The van der Waals surface area contributed by atoms with E-state index in [0.29, 0.717) is 28.8 Å².